The van der Waals surface area contributed by atoms with Crippen molar-refractivity contribution >= 4 is 47.1 Å². The second-order valence-corrected chi connectivity index (χ2v) is 10.7. The number of hydrogen-bond donors (Lipinski definition) is 2. The van der Waals surface area contributed by atoms with Gasteiger partial charge in [-0.05, 0) is 57.0 Å². The number of aliphatic carboxylic acids is 1. The molecule has 1 aliphatic carbocycles. The van der Waals surface area contributed by atoms with Gasteiger partial charge in [0.25, 0.3) is 5.91 Å². The summed E-state index contributed by atoms with van der Waals surface area (Å²) in [5, 5.41) is 11.3. The van der Waals surface area contributed by atoms with Crippen LogP contribution >= 0.6 is 23.2 Å². The first kappa shape index (κ1) is 31.6. The molecule has 3 atom stereocenters. The van der Waals surface area contributed by atoms with Crippen LogP contribution in [0.2, 0.25) is 10.0 Å². The third-order valence-corrected chi connectivity index (χ3v) is 7.46. The van der Waals surface area contributed by atoms with Crippen LogP contribution in [-0.4, -0.2) is 59.3 Å². The normalized spacial score (nSPS) is 21.5. The number of rotatable bonds is 7. The maximum absolute atomic E-state index is 13.7. The minimum atomic E-state index is -4.38. The number of halogens is 5. The molecule has 1 amide bonds. The van der Waals surface area contributed by atoms with Crippen molar-refractivity contribution in [2.75, 3.05) is 13.6 Å². The number of carboxylic acids is 1. The maximum Gasteiger partial charge on any atom is 0.391 e. The van der Waals surface area contributed by atoms with Crippen molar-refractivity contribution in [1.29, 1.82) is 0 Å². The molecule has 0 saturated heterocycles. The van der Waals surface area contributed by atoms with Crippen LogP contribution in [0.5, 0.6) is 0 Å². The number of amides is 1. The zero-order valence-electron chi connectivity index (χ0n) is 22.0. The molecule has 2 aromatic rings. The van der Waals surface area contributed by atoms with Gasteiger partial charge in [0.1, 0.15) is 17.7 Å². The Morgan fingerprint density at radius 1 is 1.23 bits per heavy atom. The van der Waals surface area contributed by atoms with Crippen LogP contribution in [0, 0.1) is 5.92 Å². The van der Waals surface area contributed by atoms with E-state index in [1.165, 1.54) is 23.1 Å². The van der Waals surface area contributed by atoms with Crippen molar-refractivity contribution in [1.82, 2.24) is 10.2 Å². The summed E-state index contributed by atoms with van der Waals surface area (Å²) in [4.78, 5) is 40.5. The van der Waals surface area contributed by atoms with E-state index >= 15 is 0 Å². The topological polar surface area (TPSA) is 99.1 Å². The molecular formula is C28H30Cl2F3N3O4. The van der Waals surface area contributed by atoms with E-state index in [9.17, 15) is 27.6 Å². The second kappa shape index (κ2) is 13.1. The summed E-state index contributed by atoms with van der Waals surface area (Å²) < 4.78 is 41.1. The number of nitrogens with zero attached hydrogens (tertiary/aromatic N) is 2. The zero-order valence-corrected chi connectivity index (χ0v) is 23.5. The first-order chi connectivity index (χ1) is 18.8. The highest BCUT2D eigenvalue weighted by Gasteiger charge is 2.56. The quantitative estimate of drug-likeness (QED) is 0.362. The summed E-state index contributed by atoms with van der Waals surface area (Å²) in [6, 6.07) is 10.7. The number of nitrogens with one attached hydrogen (secondary N) is 1. The fraction of sp³-hybridized carbons (Fsp3) is 0.429. The smallest absolute Gasteiger partial charge is 0.391 e. The van der Waals surface area contributed by atoms with Crippen molar-refractivity contribution in [2.24, 2.45) is 10.9 Å². The van der Waals surface area contributed by atoms with E-state index in [1.807, 2.05) is 0 Å². The van der Waals surface area contributed by atoms with Crippen molar-refractivity contribution < 1.29 is 32.7 Å². The molecular weight excluding hydrogens is 570 g/mol. The van der Waals surface area contributed by atoms with E-state index in [1.54, 1.807) is 38.2 Å². The van der Waals surface area contributed by atoms with Crippen molar-refractivity contribution in [3.8, 4) is 0 Å². The number of carbonyl (C=O) groups excluding carboxylic acids is 2. The SMILES string of the molecule is CC(c1ccc(C=O)cc1)N1C(=O)C(c2cc(Cl)cc(Cl)c2)=NC12CCCC(C(F)(F)F)C2.CNCCC(=O)O. The second-order valence-electron chi connectivity index (χ2n) is 9.82. The van der Waals surface area contributed by atoms with Crippen LogP contribution in [0.1, 0.15) is 66.6 Å². The first-order valence-corrected chi connectivity index (χ1v) is 13.4. The molecule has 4 rings (SSSR count). The number of hydrogen-bond acceptors (Lipinski definition) is 5. The van der Waals surface area contributed by atoms with Gasteiger partial charge in [0.15, 0.2) is 0 Å². The Kier molecular flexibility index (Phi) is 10.4. The predicted molar refractivity (Wildman–Crippen MR) is 147 cm³/mol. The van der Waals surface area contributed by atoms with Gasteiger partial charge < -0.3 is 15.3 Å². The van der Waals surface area contributed by atoms with Gasteiger partial charge in [0.2, 0.25) is 0 Å². The minimum absolute atomic E-state index is 0.00351. The van der Waals surface area contributed by atoms with Gasteiger partial charge in [-0.25, -0.2) is 0 Å². The van der Waals surface area contributed by atoms with Gasteiger partial charge >= 0.3 is 12.1 Å². The molecule has 12 heteroatoms. The highest BCUT2D eigenvalue weighted by Crippen LogP contribution is 2.49. The molecule has 40 heavy (non-hydrogen) atoms. The van der Waals surface area contributed by atoms with Gasteiger partial charge in [0.05, 0.1) is 18.4 Å². The minimum Gasteiger partial charge on any atom is -0.481 e. The van der Waals surface area contributed by atoms with Crippen LogP contribution in [0.25, 0.3) is 0 Å². The molecule has 0 radical (unpaired) electrons. The van der Waals surface area contributed by atoms with E-state index < -0.39 is 35.7 Å². The number of benzene rings is 2. The molecule has 3 unspecified atom stereocenters. The summed E-state index contributed by atoms with van der Waals surface area (Å²) in [7, 11) is 1.73. The first-order valence-electron chi connectivity index (χ1n) is 12.7. The average molecular weight is 600 g/mol. The van der Waals surface area contributed by atoms with Crippen LogP contribution < -0.4 is 5.32 Å². The Morgan fingerprint density at radius 2 is 1.85 bits per heavy atom. The van der Waals surface area contributed by atoms with Crippen LogP contribution in [0.15, 0.2) is 47.5 Å². The Bertz CT molecular complexity index is 1250. The molecule has 1 heterocycles. The van der Waals surface area contributed by atoms with E-state index in [-0.39, 0.29) is 31.4 Å². The molecule has 2 aromatic carbocycles. The molecule has 1 spiro atoms. The summed E-state index contributed by atoms with van der Waals surface area (Å²) >= 11 is 12.2. The Morgan fingerprint density at radius 3 is 2.35 bits per heavy atom. The van der Waals surface area contributed by atoms with Crippen molar-refractivity contribution in [3.63, 3.8) is 0 Å². The fourth-order valence-corrected chi connectivity index (χ4v) is 5.62. The van der Waals surface area contributed by atoms with Crippen LogP contribution in [0.4, 0.5) is 13.2 Å². The molecule has 216 valence electrons. The standard InChI is InChI=1S/C24H21Cl2F3N2O2.C4H9NO2/c1-14(16-6-4-15(13-32)5-7-16)31-22(33)21(17-9-19(25)11-20(26)10-17)30-23(31)8-2-3-18(12-23)24(27,28)29;1-5-3-2-4(6)7/h4-7,9-11,13-14,18H,2-3,8,12H2,1H3;5H,2-3H2,1H3,(H,6,7). The Labute approximate surface area is 240 Å². The average Bonchev–Trinajstić information content (AvgIpc) is 3.17. The maximum atomic E-state index is 13.7. The van der Waals surface area contributed by atoms with Gasteiger partial charge in [-0.2, -0.15) is 13.2 Å². The molecule has 2 aliphatic rings. The fourth-order valence-electron chi connectivity index (χ4n) is 5.09. The lowest BCUT2D eigenvalue weighted by Crippen LogP contribution is -2.52. The number of aldehydes is 1. The summed E-state index contributed by atoms with van der Waals surface area (Å²) in [5.74, 6) is -2.78. The van der Waals surface area contributed by atoms with Crippen molar-refractivity contribution in [2.45, 2.75) is 56.9 Å². The molecule has 0 bridgehead atoms. The zero-order chi connectivity index (χ0) is 29.7. The van der Waals surface area contributed by atoms with Gasteiger partial charge in [-0.15, -0.1) is 0 Å². The van der Waals surface area contributed by atoms with E-state index in [0.717, 1.165) is 0 Å². The number of aliphatic imine (C=N–C) groups is 1. The molecule has 1 fully saturated rings. The monoisotopic (exact) mass is 599 g/mol. The highest BCUT2D eigenvalue weighted by atomic mass is 35.5. The molecule has 7 nitrogen and oxygen atoms in total. The molecule has 0 aromatic heterocycles. The molecule has 1 aliphatic heterocycles. The van der Waals surface area contributed by atoms with Gasteiger partial charge in [0, 0.05) is 34.1 Å². The molecule has 2 N–H and O–H groups in total. The Hall–Kier alpha value is -2.95. The summed E-state index contributed by atoms with van der Waals surface area (Å²) in [6.07, 6.45) is -3.17. The number of carbonyl (C=O) groups is 3. The Balaban J connectivity index is 0.000000559. The van der Waals surface area contributed by atoms with Crippen LogP contribution in [0.3, 0.4) is 0 Å². The lowest BCUT2D eigenvalue weighted by molar-refractivity contribution is -0.194. The number of carboxylic acid groups (broad SMARTS) is 1. The third kappa shape index (κ3) is 7.41. The summed E-state index contributed by atoms with van der Waals surface area (Å²) in [6.45, 7) is 2.31. The van der Waals surface area contributed by atoms with E-state index in [4.69, 9.17) is 28.3 Å². The lowest BCUT2D eigenvalue weighted by Gasteiger charge is -2.45. The highest BCUT2D eigenvalue weighted by molar-refractivity contribution is 6.47. The lowest BCUT2D eigenvalue weighted by atomic mass is 9.79. The third-order valence-electron chi connectivity index (χ3n) is 7.02. The number of alkyl halides is 3. The van der Waals surface area contributed by atoms with Crippen molar-refractivity contribution in [3.05, 3.63) is 69.2 Å². The predicted octanol–water partition coefficient (Wildman–Crippen LogP) is 6.33. The van der Waals surface area contributed by atoms with E-state index in [2.05, 4.69) is 10.3 Å². The van der Waals surface area contributed by atoms with Crippen LogP contribution in [-0.2, 0) is 9.59 Å². The van der Waals surface area contributed by atoms with Gasteiger partial charge in [-0.1, -0.05) is 47.5 Å². The van der Waals surface area contributed by atoms with E-state index in [0.29, 0.717) is 46.0 Å². The molecule has 1 saturated carbocycles. The summed E-state index contributed by atoms with van der Waals surface area (Å²) in [5.41, 5.74) is 0.259. The van der Waals surface area contributed by atoms with Gasteiger partial charge in [-0.3, -0.25) is 19.4 Å². The largest absolute Gasteiger partial charge is 0.481 e.